The largest absolute Gasteiger partial charge is 0.481 e. The summed E-state index contributed by atoms with van der Waals surface area (Å²) in [5, 5.41) is 3.58. The molecule has 0 radical (unpaired) electrons. The van der Waals surface area contributed by atoms with Gasteiger partial charge in [0, 0.05) is 17.6 Å². The molecule has 0 aromatic heterocycles. The number of rotatable bonds is 8. The van der Waals surface area contributed by atoms with Crippen molar-refractivity contribution in [3.63, 3.8) is 0 Å². The molecule has 0 unspecified atom stereocenters. The Labute approximate surface area is 187 Å². The maximum absolute atomic E-state index is 13.9. The molecular formula is C24H28ClFN2O3. The summed E-state index contributed by atoms with van der Waals surface area (Å²) in [6.45, 7) is 1.46. The third-order valence-electron chi connectivity index (χ3n) is 5.61. The molecule has 1 fully saturated rings. The highest BCUT2D eigenvalue weighted by Crippen LogP contribution is 2.21. The van der Waals surface area contributed by atoms with Gasteiger partial charge in [0.1, 0.15) is 6.04 Å². The van der Waals surface area contributed by atoms with Crippen molar-refractivity contribution >= 4 is 23.4 Å². The number of amides is 2. The van der Waals surface area contributed by atoms with Gasteiger partial charge in [-0.05, 0) is 43.5 Å². The van der Waals surface area contributed by atoms with Crippen LogP contribution < -0.4 is 10.1 Å². The van der Waals surface area contributed by atoms with Gasteiger partial charge in [-0.3, -0.25) is 9.59 Å². The Kier molecular flexibility index (Phi) is 8.29. The van der Waals surface area contributed by atoms with Gasteiger partial charge in [0.2, 0.25) is 5.91 Å². The van der Waals surface area contributed by atoms with Gasteiger partial charge in [-0.25, -0.2) is 4.39 Å². The van der Waals surface area contributed by atoms with Crippen LogP contribution in [0.15, 0.2) is 48.5 Å². The molecule has 31 heavy (non-hydrogen) atoms. The molecule has 1 aliphatic rings. The second-order valence-corrected chi connectivity index (χ2v) is 8.26. The first-order valence-corrected chi connectivity index (χ1v) is 11.0. The molecule has 0 heterocycles. The lowest BCUT2D eigenvalue weighted by molar-refractivity contribution is -0.142. The van der Waals surface area contributed by atoms with Crippen LogP contribution in [0.1, 0.15) is 44.6 Å². The minimum atomic E-state index is -0.727. The zero-order valence-corrected chi connectivity index (χ0v) is 18.4. The summed E-state index contributed by atoms with van der Waals surface area (Å²) in [6.07, 6.45) is 5.28. The van der Waals surface area contributed by atoms with Gasteiger partial charge >= 0.3 is 0 Å². The van der Waals surface area contributed by atoms with Crippen LogP contribution in [0.4, 0.5) is 4.39 Å². The van der Waals surface area contributed by atoms with Gasteiger partial charge in [0.25, 0.3) is 5.91 Å². The number of hydrogen-bond donors (Lipinski definition) is 1. The van der Waals surface area contributed by atoms with E-state index in [1.54, 1.807) is 31.2 Å². The number of hydrogen-bond acceptors (Lipinski definition) is 3. The van der Waals surface area contributed by atoms with E-state index in [-0.39, 0.29) is 30.9 Å². The molecule has 1 saturated carbocycles. The molecule has 1 atom stereocenters. The van der Waals surface area contributed by atoms with Crippen molar-refractivity contribution < 1.29 is 18.7 Å². The molecule has 0 spiro atoms. The average Bonchev–Trinajstić information content (AvgIpc) is 2.78. The number of halogens is 2. The van der Waals surface area contributed by atoms with Crippen LogP contribution in [0, 0.1) is 5.82 Å². The second kappa shape index (κ2) is 11.1. The third-order valence-corrected chi connectivity index (χ3v) is 5.97. The van der Waals surface area contributed by atoms with Crippen LogP contribution in [0.3, 0.4) is 0 Å². The van der Waals surface area contributed by atoms with E-state index >= 15 is 0 Å². The van der Waals surface area contributed by atoms with Crippen LogP contribution in [0.2, 0.25) is 5.02 Å². The van der Waals surface area contributed by atoms with Crippen molar-refractivity contribution in [1.82, 2.24) is 10.2 Å². The van der Waals surface area contributed by atoms with E-state index in [9.17, 15) is 14.0 Å². The van der Waals surface area contributed by atoms with Gasteiger partial charge in [-0.1, -0.05) is 61.2 Å². The lowest BCUT2D eigenvalue weighted by atomic mass is 9.95. The molecular weight excluding hydrogens is 419 g/mol. The minimum absolute atomic E-state index is 0.00662. The van der Waals surface area contributed by atoms with Gasteiger partial charge in [-0.2, -0.15) is 0 Å². The standard InChI is InChI=1S/C24H28ClFN2O3/c1-17(24(30)27-19-10-3-2-4-11-19)28(15-18-9-5-6-12-20(18)25)23(29)16-31-22-14-8-7-13-21(22)26/h5-9,12-14,17,19H,2-4,10-11,15-16H2,1H3,(H,27,30)/t17-/m1/s1. The molecule has 7 heteroatoms. The van der Waals surface area contributed by atoms with Crippen molar-refractivity contribution in [3.05, 3.63) is 64.9 Å². The normalized spacial score (nSPS) is 15.2. The predicted molar refractivity (Wildman–Crippen MR) is 118 cm³/mol. The van der Waals surface area contributed by atoms with E-state index in [1.165, 1.54) is 23.5 Å². The Morgan fingerprint density at radius 3 is 2.52 bits per heavy atom. The maximum atomic E-state index is 13.9. The summed E-state index contributed by atoms with van der Waals surface area (Å²) in [6, 6.07) is 12.5. The Bertz CT molecular complexity index is 902. The van der Waals surface area contributed by atoms with Gasteiger partial charge in [-0.15, -0.1) is 0 Å². The Morgan fingerprint density at radius 2 is 1.81 bits per heavy atom. The van der Waals surface area contributed by atoms with E-state index in [0.29, 0.717) is 5.02 Å². The first kappa shape index (κ1) is 23.1. The number of nitrogens with one attached hydrogen (secondary N) is 1. The minimum Gasteiger partial charge on any atom is -0.481 e. The highest BCUT2D eigenvalue weighted by atomic mass is 35.5. The fourth-order valence-corrected chi connectivity index (χ4v) is 3.94. The van der Waals surface area contributed by atoms with Crippen molar-refractivity contribution in [3.8, 4) is 5.75 Å². The molecule has 166 valence electrons. The maximum Gasteiger partial charge on any atom is 0.261 e. The first-order valence-electron chi connectivity index (χ1n) is 10.7. The fraction of sp³-hybridized carbons (Fsp3) is 0.417. The SMILES string of the molecule is C[C@H](C(=O)NC1CCCCC1)N(Cc1ccccc1Cl)C(=O)COc1ccccc1F. The van der Waals surface area contributed by atoms with Crippen molar-refractivity contribution in [2.45, 2.75) is 57.7 Å². The fourth-order valence-electron chi connectivity index (χ4n) is 3.75. The number of benzene rings is 2. The molecule has 1 N–H and O–H groups in total. The lowest BCUT2D eigenvalue weighted by Crippen LogP contribution is -2.51. The Morgan fingerprint density at radius 1 is 1.13 bits per heavy atom. The van der Waals surface area contributed by atoms with Gasteiger partial charge in [0.05, 0.1) is 0 Å². The zero-order chi connectivity index (χ0) is 22.2. The molecule has 5 nitrogen and oxygen atoms in total. The summed E-state index contributed by atoms with van der Waals surface area (Å²) in [4.78, 5) is 27.4. The van der Waals surface area contributed by atoms with Crippen molar-refractivity contribution in [2.24, 2.45) is 0 Å². The highest BCUT2D eigenvalue weighted by molar-refractivity contribution is 6.31. The number of para-hydroxylation sites is 1. The molecule has 0 bridgehead atoms. The van der Waals surface area contributed by atoms with Crippen LogP contribution in [0.5, 0.6) is 5.75 Å². The molecule has 0 saturated heterocycles. The van der Waals surface area contributed by atoms with Crippen molar-refractivity contribution in [2.75, 3.05) is 6.61 Å². The van der Waals surface area contributed by atoms with Crippen LogP contribution in [-0.2, 0) is 16.1 Å². The van der Waals surface area contributed by atoms with Crippen LogP contribution in [-0.4, -0.2) is 35.4 Å². The third kappa shape index (κ3) is 6.44. The lowest BCUT2D eigenvalue weighted by Gasteiger charge is -2.31. The summed E-state index contributed by atoms with van der Waals surface area (Å²) in [5.41, 5.74) is 0.723. The summed E-state index contributed by atoms with van der Waals surface area (Å²) < 4.78 is 19.3. The number of carbonyl (C=O) groups is 2. The topological polar surface area (TPSA) is 58.6 Å². The van der Waals surface area contributed by atoms with Gasteiger partial charge in [0.15, 0.2) is 18.2 Å². The summed E-state index contributed by atoms with van der Waals surface area (Å²) >= 11 is 6.29. The Hall–Kier alpha value is -2.60. The van der Waals surface area contributed by atoms with Crippen LogP contribution >= 0.6 is 11.6 Å². The van der Waals surface area contributed by atoms with E-state index in [0.717, 1.165) is 31.2 Å². The number of ether oxygens (including phenoxy) is 1. The van der Waals surface area contributed by atoms with Gasteiger partial charge < -0.3 is 15.0 Å². The number of carbonyl (C=O) groups excluding carboxylic acids is 2. The molecule has 2 amide bonds. The van der Waals surface area contributed by atoms with E-state index < -0.39 is 17.8 Å². The smallest absolute Gasteiger partial charge is 0.261 e. The molecule has 3 rings (SSSR count). The quantitative estimate of drug-likeness (QED) is 0.638. The summed E-state index contributed by atoms with van der Waals surface area (Å²) in [5.74, 6) is -1.18. The first-order chi connectivity index (χ1) is 15.0. The van der Waals surface area contributed by atoms with E-state index in [2.05, 4.69) is 5.32 Å². The number of nitrogens with zero attached hydrogens (tertiary/aromatic N) is 1. The molecule has 2 aromatic carbocycles. The van der Waals surface area contributed by atoms with E-state index in [4.69, 9.17) is 16.3 Å². The predicted octanol–water partition coefficient (Wildman–Crippen LogP) is 4.72. The Balaban J connectivity index is 1.72. The van der Waals surface area contributed by atoms with Crippen molar-refractivity contribution in [1.29, 1.82) is 0 Å². The average molecular weight is 447 g/mol. The zero-order valence-electron chi connectivity index (χ0n) is 17.7. The van der Waals surface area contributed by atoms with E-state index in [1.807, 2.05) is 12.1 Å². The molecule has 2 aromatic rings. The molecule has 1 aliphatic carbocycles. The molecule has 0 aliphatic heterocycles. The highest BCUT2D eigenvalue weighted by Gasteiger charge is 2.29. The second-order valence-electron chi connectivity index (χ2n) is 7.85. The monoisotopic (exact) mass is 446 g/mol. The van der Waals surface area contributed by atoms with Crippen LogP contribution in [0.25, 0.3) is 0 Å². The summed E-state index contributed by atoms with van der Waals surface area (Å²) in [7, 11) is 0.